The average Bonchev–Trinajstić information content (AvgIpc) is 3.44. The fourth-order valence-corrected chi connectivity index (χ4v) is 6.38. The maximum Gasteiger partial charge on any atom is 0.573 e. The quantitative estimate of drug-likeness (QED) is 0.206. The Hall–Kier alpha value is -4.84. The highest BCUT2D eigenvalue weighted by Gasteiger charge is 2.31. The SMILES string of the molecule is CS(=O)(=O)Nc1cccc(CC(=O)Nc2nnc(C3CCN(c4ccc(NC(=O)Cc5cccc(OC(F)(F)F)c5)nn4)CC3)s2)c1. The van der Waals surface area contributed by atoms with Crippen LogP contribution in [0.3, 0.4) is 0 Å². The number of halogens is 3. The summed E-state index contributed by atoms with van der Waals surface area (Å²) in [6, 6.07) is 15.1. The molecule has 0 aliphatic carbocycles. The fraction of sp³-hybridized carbons (Fsp3) is 0.310. The normalized spacial score (nSPS) is 14.0. The number of aromatic nitrogens is 4. The Kier molecular flexibility index (Phi) is 10.2. The molecule has 248 valence electrons. The third-order valence-corrected chi connectivity index (χ3v) is 8.47. The number of hydrogen-bond donors (Lipinski definition) is 3. The number of piperidine rings is 1. The van der Waals surface area contributed by atoms with Crippen LogP contribution in [-0.2, 0) is 32.5 Å². The number of amides is 2. The molecule has 1 aliphatic heterocycles. The summed E-state index contributed by atoms with van der Waals surface area (Å²) in [6.45, 7) is 1.33. The van der Waals surface area contributed by atoms with E-state index in [1.54, 1.807) is 36.4 Å². The predicted octanol–water partition coefficient (Wildman–Crippen LogP) is 4.34. The maximum atomic E-state index is 12.6. The van der Waals surface area contributed by atoms with Crippen molar-refractivity contribution in [3.8, 4) is 5.75 Å². The number of ether oxygens (including phenoxy) is 1. The first-order valence-electron chi connectivity index (χ1n) is 14.2. The lowest BCUT2D eigenvalue weighted by Crippen LogP contribution is -2.33. The molecule has 0 atom stereocenters. The number of carbonyl (C=O) groups excluding carboxylic acids is 2. The van der Waals surface area contributed by atoms with E-state index in [2.05, 4.69) is 45.4 Å². The van der Waals surface area contributed by atoms with Gasteiger partial charge in [-0.25, -0.2) is 8.42 Å². The molecule has 5 rings (SSSR count). The van der Waals surface area contributed by atoms with Crippen LogP contribution in [0.25, 0.3) is 0 Å². The summed E-state index contributed by atoms with van der Waals surface area (Å²) in [4.78, 5) is 27.1. The van der Waals surface area contributed by atoms with Crippen LogP contribution < -0.4 is 25.0 Å². The van der Waals surface area contributed by atoms with E-state index in [-0.39, 0.29) is 30.5 Å². The number of nitrogens with one attached hydrogen (secondary N) is 3. The van der Waals surface area contributed by atoms with Gasteiger partial charge in [-0.1, -0.05) is 35.6 Å². The summed E-state index contributed by atoms with van der Waals surface area (Å²) in [5, 5.41) is 23.2. The molecule has 0 bridgehead atoms. The van der Waals surface area contributed by atoms with Crippen LogP contribution in [0.15, 0.2) is 60.7 Å². The second-order valence-corrected chi connectivity index (χ2v) is 13.5. The van der Waals surface area contributed by atoms with Gasteiger partial charge in [-0.3, -0.25) is 14.3 Å². The smallest absolute Gasteiger partial charge is 0.406 e. The van der Waals surface area contributed by atoms with Crippen molar-refractivity contribution in [3.63, 3.8) is 0 Å². The third-order valence-electron chi connectivity index (χ3n) is 6.86. The van der Waals surface area contributed by atoms with E-state index in [4.69, 9.17) is 0 Å². The zero-order chi connectivity index (χ0) is 33.6. The molecular weight excluding hydrogens is 661 g/mol. The molecule has 0 spiro atoms. The molecule has 1 saturated heterocycles. The van der Waals surface area contributed by atoms with E-state index in [9.17, 15) is 31.2 Å². The van der Waals surface area contributed by atoms with Gasteiger partial charge in [0.2, 0.25) is 27.0 Å². The van der Waals surface area contributed by atoms with Gasteiger partial charge in [0.25, 0.3) is 0 Å². The van der Waals surface area contributed by atoms with Crippen LogP contribution in [0.2, 0.25) is 0 Å². The highest BCUT2D eigenvalue weighted by molar-refractivity contribution is 7.92. The molecule has 2 aromatic carbocycles. The molecular formula is C29H29F3N8O5S2. The number of nitrogens with zero attached hydrogens (tertiary/aromatic N) is 5. The van der Waals surface area contributed by atoms with Crippen LogP contribution >= 0.6 is 11.3 Å². The molecule has 2 aromatic heterocycles. The van der Waals surface area contributed by atoms with Gasteiger partial charge < -0.3 is 20.3 Å². The Bertz CT molecular complexity index is 1830. The largest absolute Gasteiger partial charge is 0.573 e. The van der Waals surface area contributed by atoms with E-state index in [0.717, 1.165) is 36.2 Å². The fourth-order valence-electron chi connectivity index (χ4n) is 4.90. The lowest BCUT2D eigenvalue weighted by atomic mass is 9.98. The first-order valence-corrected chi connectivity index (χ1v) is 16.9. The summed E-state index contributed by atoms with van der Waals surface area (Å²) >= 11 is 1.31. The zero-order valence-corrected chi connectivity index (χ0v) is 26.5. The van der Waals surface area contributed by atoms with E-state index in [1.807, 2.05) is 0 Å². The molecule has 3 N–H and O–H groups in total. The second-order valence-electron chi connectivity index (χ2n) is 10.7. The third kappa shape index (κ3) is 10.3. The Morgan fingerprint density at radius 3 is 2.26 bits per heavy atom. The topological polar surface area (TPSA) is 168 Å². The highest BCUT2D eigenvalue weighted by Crippen LogP contribution is 2.33. The van der Waals surface area contributed by atoms with Gasteiger partial charge in [-0.05, 0) is 60.4 Å². The Labute approximate surface area is 271 Å². The Morgan fingerprint density at radius 2 is 1.60 bits per heavy atom. The predicted molar refractivity (Wildman–Crippen MR) is 169 cm³/mol. The molecule has 1 fully saturated rings. The molecule has 4 aromatic rings. The first-order chi connectivity index (χ1) is 22.3. The molecule has 0 saturated carbocycles. The van der Waals surface area contributed by atoms with Crippen LogP contribution in [0.1, 0.15) is 34.9 Å². The minimum atomic E-state index is -4.83. The first kappa shape index (κ1) is 33.5. The van der Waals surface area contributed by atoms with Crippen LogP contribution in [0.4, 0.5) is 35.6 Å². The second kappa shape index (κ2) is 14.3. The zero-order valence-electron chi connectivity index (χ0n) is 24.8. The molecule has 3 heterocycles. The van der Waals surface area contributed by atoms with Gasteiger partial charge in [-0.15, -0.1) is 33.6 Å². The minimum absolute atomic E-state index is 0.0325. The number of rotatable bonds is 11. The van der Waals surface area contributed by atoms with Gasteiger partial charge in [0.1, 0.15) is 10.8 Å². The molecule has 0 radical (unpaired) electrons. The number of anilines is 4. The number of carbonyl (C=O) groups is 2. The van der Waals surface area contributed by atoms with Crippen molar-refractivity contribution < 1.29 is 35.9 Å². The van der Waals surface area contributed by atoms with Gasteiger partial charge in [0.15, 0.2) is 11.6 Å². The number of hydrogen-bond acceptors (Lipinski definition) is 11. The lowest BCUT2D eigenvalue weighted by Gasteiger charge is -2.31. The molecule has 2 amide bonds. The maximum absolute atomic E-state index is 12.6. The molecule has 13 nitrogen and oxygen atoms in total. The molecule has 47 heavy (non-hydrogen) atoms. The number of sulfonamides is 1. The van der Waals surface area contributed by atoms with E-state index < -0.39 is 28.0 Å². The van der Waals surface area contributed by atoms with Crippen molar-refractivity contribution in [1.29, 1.82) is 0 Å². The average molecular weight is 691 g/mol. The summed E-state index contributed by atoms with van der Waals surface area (Å²) in [7, 11) is -3.43. The van der Waals surface area contributed by atoms with Crippen LogP contribution in [0.5, 0.6) is 5.75 Å². The summed E-state index contributed by atoms with van der Waals surface area (Å²) in [5.41, 5.74) is 1.35. The van der Waals surface area contributed by atoms with Crippen molar-refractivity contribution in [2.24, 2.45) is 0 Å². The van der Waals surface area contributed by atoms with Crippen LogP contribution in [0, 0.1) is 0 Å². The lowest BCUT2D eigenvalue weighted by molar-refractivity contribution is -0.274. The standard InChI is InChI=1S/C29H29F3N8O5S2/c1-47(43,44)39-21-6-2-4-18(14-21)16-26(42)34-28-38-37-27(46-28)20-10-12-40(13-11-20)24-9-8-23(35-36-24)33-25(41)17-19-5-3-7-22(15-19)45-29(30,31)32/h2-9,14-15,20,39H,10-13,16-17H2,1H3,(H,33,35,41)(H,34,38,42). The van der Waals surface area contributed by atoms with Gasteiger partial charge in [-0.2, -0.15) is 0 Å². The van der Waals surface area contributed by atoms with E-state index in [1.165, 1.54) is 23.5 Å². The molecule has 1 aliphatic rings. The van der Waals surface area contributed by atoms with Crippen LogP contribution in [-0.4, -0.2) is 66.3 Å². The summed E-state index contributed by atoms with van der Waals surface area (Å²) in [5.74, 6) is -0.212. The molecule has 18 heteroatoms. The monoisotopic (exact) mass is 690 g/mol. The minimum Gasteiger partial charge on any atom is -0.406 e. The van der Waals surface area contributed by atoms with Gasteiger partial charge in [0.05, 0.1) is 19.1 Å². The molecule has 0 unspecified atom stereocenters. The Morgan fingerprint density at radius 1 is 0.915 bits per heavy atom. The van der Waals surface area contributed by atoms with Crippen molar-refractivity contribution in [1.82, 2.24) is 20.4 Å². The van der Waals surface area contributed by atoms with Crippen molar-refractivity contribution in [2.75, 3.05) is 39.6 Å². The van der Waals surface area contributed by atoms with E-state index in [0.29, 0.717) is 40.9 Å². The summed E-state index contributed by atoms with van der Waals surface area (Å²) < 4.78 is 66.6. The highest BCUT2D eigenvalue weighted by atomic mass is 32.2. The number of alkyl halides is 3. The van der Waals surface area contributed by atoms with Gasteiger partial charge >= 0.3 is 6.36 Å². The van der Waals surface area contributed by atoms with Crippen molar-refractivity contribution in [3.05, 3.63) is 76.8 Å². The Balaban J connectivity index is 1.07. The van der Waals surface area contributed by atoms with Gasteiger partial charge in [0, 0.05) is 24.7 Å². The van der Waals surface area contributed by atoms with E-state index >= 15 is 0 Å². The number of benzene rings is 2. The summed E-state index contributed by atoms with van der Waals surface area (Å²) in [6.07, 6.45) is -2.39. The van der Waals surface area contributed by atoms with Crippen molar-refractivity contribution in [2.45, 2.75) is 38.0 Å². The van der Waals surface area contributed by atoms with Crippen molar-refractivity contribution >= 4 is 55.6 Å².